The van der Waals surface area contributed by atoms with Gasteiger partial charge in [0.1, 0.15) is 5.82 Å². The molecule has 1 N–H and O–H groups in total. The van der Waals surface area contributed by atoms with Crippen molar-refractivity contribution in [1.82, 2.24) is 9.97 Å². The number of benzene rings is 1. The summed E-state index contributed by atoms with van der Waals surface area (Å²) >= 11 is 7.33. The van der Waals surface area contributed by atoms with Crippen LogP contribution >= 0.6 is 22.9 Å². The number of rotatable bonds is 2. The van der Waals surface area contributed by atoms with Gasteiger partial charge in [-0.25, -0.2) is 23.5 Å². The lowest BCUT2D eigenvalue weighted by Crippen LogP contribution is -2.36. The first kappa shape index (κ1) is 19.7. The highest BCUT2D eigenvalue weighted by Gasteiger charge is 2.40. The van der Waals surface area contributed by atoms with Crippen LogP contribution in [-0.2, 0) is 5.92 Å². The van der Waals surface area contributed by atoms with E-state index < -0.39 is 12.0 Å². The molecule has 2 amide bonds. The smallest absolute Gasteiger partial charge is 0.283 e. The summed E-state index contributed by atoms with van der Waals surface area (Å²) in [6.07, 6.45) is -0.196. The van der Waals surface area contributed by atoms with Gasteiger partial charge in [0.15, 0.2) is 5.13 Å². The van der Waals surface area contributed by atoms with Gasteiger partial charge in [-0.1, -0.05) is 23.7 Å². The summed E-state index contributed by atoms with van der Waals surface area (Å²) in [5.41, 5.74) is 1.66. The molecule has 29 heavy (non-hydrogen) atoms. The fraction of sp³-hybridized carbons (Fsp3) is 0.250. The monoisotopic (exact) mass is 434 g/mol. The molecular formula is C20H17ClF2N4OS. The average molecular weight is 435 g/mol. The van der Waals surface area contributed by atoms with Crippen molar-refractivity contribution in [3.8, 4) is 11.3 Å². The lowest BCUT2D eigenvalue weighted by atomic mass is 10.0. The largest absolute Gasteiger partial charge is 0.329 e. The number of aromatic nitrogens is 2. The number of nitrogens with one attached hydrogen (secondary N) is 1. The van der Waals surface area contributed by atoms with Gasteiger partial charge in [0, 0.05) is 28.9 Å². The molecule has 9 heteroatoms. The maximum absolute atomic E-state index is 14.7. The Morgan fingerprint density at radius 3 is 2.83 bits per heavy atom. The van der Waals surface area contributed by atoms with E-state index in [2.05, 4.69) is 15.3 Å². The van der Waals surface area contributed by atoms with Crippen LogP contribution in [0.15, 0.2) is 41.8 Å². The Labute approximate surface area is 175 Å². The number of amides is 2. The van der Waals surface area contributed by atoms with Crippen LogP contribution in [-0.4, -0.2) is 22.5 Å². The van der Waals surface area contributed by atoms with E-state index in [9.17, 15) is 13.6 Å². The van der Waals surface area contributed by atoms with Crippen LogP contribution in [0.4, 0.5) is 24.5 Å². The van der Waals surface area contributed by atoms with Crippen LogP contribution in [0.1, 0.15) is 24.1 Å². The van der Waals surface area contributed by atoms with E-state index in [4.69, 9.17) is 11.6 Å². The van der Waals surface area contributed by atoms with Gasteiger partial charge < -0.3 is 0 Å². The lowest BCUT2D eigenvalue weighted by molar-refractivity contribution is -0.0122. The van der Waals surface area contributed by atoms with E-state index in [0.29, 0.717) is 21.4 Å². The quantitative estimate of drug-likeness (QED) is 0.530. The van der Waals surface area contributed by atoms with E-state index in [1.54, 1.807) is 29.6 Å². The molecule has 2 aromatic heterocycles. The zero-order chi connectivity index (χ0) is 20.6. The number of aryl methyl sites for hydroxylation is 1. The number of hydrogen-bond donors (Lipinski definition) is 1. The third kappa shape index (κ3) is 4.09. The first-order valence-corrected chi connectivity index (χ1v) is 10.3. The number of carbonyl (C=O) groups excluding carboxylic acids is 1. The Bertz CT molecular complexity index is 1070. The average Bonchev–Trinajstić information content (AvgIpc) is 3.03. The summed E-state index contributed by atoms with van der Waals surface area (Å²) in [6, 6.07) is 9.32. The maximum Gasteiger partial charge on any atom is 0.329 e. The summed E-state index contributed by atoms with van der Waals surface area (Å²) in [5, 5.41) is 5.41. The van der Waals surface area contributed by atoms with Gasteiger partial charge >= 0.3 is 6.03 Å². The molecule has 3 aromatic rings. The number of hydrogen-bond acceptors (Lipinski definition) is 4. The molecule has 4 rings (SSSR count). The normalized spacial score (nSPS) is 15.5. The van der Waals surface area contributed by atoms with Gasteiger partial charge in [0.05, 0.1) is 17.0 Å². The topological polar surface area (TPSA) is 58.1 Å². The predicted molar refractivity (Wildman–Crippen MR) is 111 cm³/mol. The highest BCUT2D eigenvalue weighted by atomic mass is 35.5. The summed E-state index contributed by atoms with van der Waals surface area (Å²) in [4.78, 5) is 22.8. The standard InChI is InChI=1S/C20H17ClF2N4OS/c1-12-11-29-18(24-12)26-19(28)27-9-3-8-20(22,23)15-6-7-16(25-17(15)27)13-4-2-5-14(21)10-13/h2,4-7,10-11H,3,8-9H2,1H3,(H,24,26,28). The molecule has 0 saturated heterocycles. The number of fused-ring (bicyclic) bond motifs is 1. The minimum absolute atomic E-state index is 0.0456. The summed E-state index contributed by atoms with van der Waals surface area (Å²) in [5.74, 6) is -3.11. The molecule has 0 unspecified atom stereocenters. The number of thiazole rings is 1. The zero-order valence-corrected chi connectivity index (χ0v) is 17.0. The Kier molecular flexibility index (Phi) is 5.23. The fourth-order valence-electron chi connectivity index (χ4n) is 3.22. The molecular weight excluding hydrogens is 418 g/mol. The van der Waals surface area contributed by atoms with Crippen molar-refractivity contribution in [2.24, 2.45) is 0 Å². The lowest BCUT2D eigenvalue weighted by Gasteiger charge is -2.23. The molecule has 0 atom stereocenters. The van der Waals surface area contributed by atoms with Gasteiger partial charge in [-0.3, -0.25) is 10.2 Å². The molecule has 0 radical (unpaired) electrons. The zero-order valence-electron chi connectivity index (χ0n) is 15.5. The Balaban J connectivity index is 1.76. The van der Waals surface area contributed by atoms with Gasteiger partial charge in [-0.2, -0.15) is 0 Å². The number of anilines is 2. The number of urea groups is 1. The SMILES string of the molecule is Cc1csc(NC(=O)N2CCCC(F)(F)c3ccc(-c4cccc(Cl)c4)nc32)n1. The third-order valence-corrected chi connectivity index (χ3v) is 5.71. The van der Waals surface area contributed by atoms with Gasteiger partial charge in [0.2, 0.25) is 0 Å². The van der Waals surface area contributed by atoms with Crippen LogP contribution in [0.2, 0.25) is 5.02 Å². The van der Waals surface area contributed by atoms with Gasteiger partial charge in [0.25, 0.3) is 5.92 Å². The van der Waals surface area contributed by atoms with Crippen molar-refractivity contribution in [3.05, 3.63) is 58.1 Å². The fourth-order valence-corrected chi connectivity index (χ4v) is 4.08. The highest BCUT2D eigenvalue weighted by Crippen LogP contribution is 2.42. The molecule has 0 saturated carbocycles. The first-order chi connectivity index (χ1) is 13.8. The van der Waals surface area contributed by atoms with Crippen molar-refractivity contribution in [2.45, 2.75) is 25.7 Å². The maximum atomic E-state index is 14.7. The first-order valence-electron chi connectivity index (χ1n) is 8.99. The summed E-state index contributed by atoms with van der Waals surface area (Å²) < 4.78 is 29.4. The summed E-state index contributed by atoms with van der Waals surface area (Å²) in [7, 11) is 0. The Hall–Kier alpha value is -2.58. The number of carbonyl (C=O) groups is 1. The molecule has 1 aromatic carbocycles. The van der Waals surface area contributed by atoms with E-state index in [-0.39, 0.29) is 30.8 Å². The molecule has 1 aliphatic rings. The minimum Gasteiger partial charge on any atom is -0.283 e. The molecule has 1 aliphatic heterocycles. The third-order valence-electron chi connectivity index (χ3n) is 4.60. The second-order valence-corrected chi connectivity index (χ2v) is 8.06. The van der Waals surface area contributed by atoms with Crippen LogP contribution in [0.25, 0.3) is 11.3 Å². The van der Waals surface area contributed by atoms with Gasteiger partial charge in [-0.05, 0) is 37.6 Å². The van der Waals surface area contributed by atoms with Crippen LogP contribution < -0.4 is 10.2 Å². The predicted octanol–water partition coefficient (Wildman–Crippen LogP) is 6.09. The number of alkyl halides is 2. The number of pyridine rings is 1. The van der Waals surface area contributed by atoms with Crippen LogP contribution in [0.5, 0.6) is 0 Å². The Morgan fingerprint density at radius 2 is 2.10 bits per heavy atom. The van der Waals surface area contributed by atoms with E-state index in [1.165, 1.54) is 28.4 Å². The van der Waals surface area contributed by atoms with Crippen LogP contribution in [0, 0.1) is 6.92 Å². The molecule has 0 spiro atoms. The minimum atomic E-state index is -3.07. The second kappa shape index (κ2) is 7.68. The van der Waals surface area contributed by atoms with Gasteiger partial charge in [-0.15, -0.1) is 11.3 Å². The van der Waals surface area contributed by atoms with Crippen LogP contribution in [0.3, 0.4) is 0 Å². The van der Waals surface area contributed by atoms with Crippen molar-refractivity contribution in [1.29, 1.82) is 0 Å². The van der Waals surface area contributed by atoms with Crippen molar-refractivity contribution in [3.63, 3.8) is 0 Å². The molecule has 0 aliphatic carbocycles. The van der Waals surface area contributed by atoms with Crippen molar-refractivity contribution in [2.75, 3.05) is 16.8 Å². The highest BCUT2D eigenvalue weighted by molar-refractivity contribution is 7.13. The Morgan fingerprint density at radius 1 is 1.28 bits per heavy atom. The van der Waals surface area contributed by atoms with E-state index >= 15 is 0 Å². The molecule has 3 heterocycles. The van der Waals surface area contributed by atoms with Crippen molar-refractivity contribution >= 4 is 39.9 Å². The number of halogens is 3. The summed E-state index contributed by atoms with van der Waals surface area (Å²) in [6.45, 7) is 1.94. The second-order valence-electron chi connectivity index (χ2n) is 6.76. The van der Waals surface area contributed by atoms with E-state index in [0.717, 1.165) is 5.69 Å². The molecule has 150 valence electrons. The van der Waals surface area contributed by atoms with Crippen molar-refractivity contribution < 1.29 is 13.6 Å². The van der Waals surface area contributed by atoms with E-state index in [1.807, 2.05) is 6.92 Å². The molecule has 0 fully saturated rings. The molecule has 0 bridgehead atoms. The number of nitrogens with zero attached hydrogens (tertiary/aromatic N) is 3. The molecule has 5 nitrogen and oxygen atoms in total.